The minimum Gasteiger partial charge on any atom is -0.508 e. The van der Waals surface area contributed by atoms with Gasteiger partial charge in [0.2, 0.25) is 0 Å². The zero-order valence-corrected chi connectivity index (χ0v) is 18.3. The molecule has 2 N–H and O–H groups in total. The first-order valence-corrected chi connectivity index (χ1v) is 9.96. The molecule has 4 nitrogen and oxygen atoms in total. The molecule has 0 heterocycles. The van der Waals surface area contributed by atoms with Gasteiger partial charge in [0.15, 0.2) is 11.5 Å². The van der Waals surface area contributed by atoms with Gasteiger partial charge in [-0.15, -0.1) is 12.4 Å². The second kappa shape index (κ2) is 12.1. The zero-order chi connectivity index (χ0) is 20.5. The van der Waals surface area contributed by atoms with Crippen LogP contribution in [-0.2, 0) is 6.42 Å². The number of aromatic hydroxyl groups is 1. The third-order valence-corrected chi connectivity index (χ3v) is 5.15. The van der Waals surface area contributed by atoms with Gasteiger partial charge in [0, 0.05) is 5.92 Å². The van der Waals surface area contributed by atoms with Gasteiger partial charge in [-0.1, -0.05) is 48.5 Å². The van der Waals surface area contributed by atoms with Crippen LogP contribution < -0.4 is 14.8 Å². The van der Waals surface area contributed by atoms with Crippen LogP contribution in [0.5, 0.6) is 17.2 Å². The minimum absolute atomic E-state index is 0. The highest BCUT2D eigenvalue weighted by Gasteiger charge is 2.13. The van der Waals surface area contributed by atoms with Gasteiger partial charge in [0.25, 0.3) is 0 Å². The minimum atomic E-state index is 0. The number of hydrogen-bond acceptors (Lipinski definition) is 4. The predicted molar refractivity (Wildman–Crippen MR) is 124 cm³/mol. The molecule has 0 aliphatic heterocycles. The summed E-state index contributed by atoms with van der Waals surface area (Å²) < 4.78 is 10.7. The van der Waals surface area contributed by atoms with Gasteiger partial charge in [-0.2, -0.15) is 0 Å². The van der Waals surface area contributed by atoms with Gasteiger partial charge in [0.05, 0.1) is 14.2 Å². The number of rotatable bonds is 10. The van der Waals surface area contributed by atoms with Crippen molar-refractivity contribution in [3.8, 4) is 17.2 Å². The Bertz CT molecular complexity index is 885. The van der Waals surface area contributed by atoms with Crippen LogP contribution in [0.1, 0.15) is 29.0 Å². The smallest absolute Gasteiger partial charge is 0.160 e. The number of phenols is 1. The Morgan fingerprint density at radius 1 is 0.800 bits per heavy atom. The Morgan fingerprint density at radius 2 is 1.47 bits per heavy atom. The first-order chi connectivity index (χ1) is 14.2. The molecule has 0 saturated heterocycles. The average Bonchev–Trinajstić information content (AvgIpc) is 2.77. The van der Waals surface area contributed by atoms with E-state index in [1.807, 2.05) is 30.3 Å². The number of hydrogen-bond donors (Lipinski definition) is 2. The van der Waals surface area contributed by atoms with Crippen molar-refractivity contribution in [1.29, 1.82) is 0 Å². The van der Waals surface area contributed by atoms with E-state index in [2.05, 4.69) is 35.6 Å². The van der Waals surface area contributed by atoms with Crippen LogP contribution in [-0.4, -0.2) is 32.4 Å². The van der Waals surface area contributed by atoms with E-state index in [-0.39, 0.29) is 12.4 Å². The second-order valence-corrected chi connectivity index (χ2v) is 7.03. The molecule has 0 spiro atoms. The fourth-order valence-electron chi connectivity index (χ4n) is 3.56. The van der Waals surface area contributed by atoms with Crippen LogP contribution in [0.2, 0.25) is 0 Å². The molecule has 1 atom stereocenters. The topological polar surface area (TPSA) is 50.7 Å². The Balaban J connectivity index is 0.00000320. The zero-order valence-electron chi connectivity index (χ0n) is 17.5. The fraction of sp³-hybridized carbons (Fsp3) is 0.280. The van der Waals surface area contributed by atoms with Crippen LogP contribution in [0.25, 0.3) is 0 Å². The summed E-state index contributed by atoms with van der Waals surface area (Å²) in [5.74, 6) is 2.12. The van der Waals surface area contributed by atoms with E-state index in [0.29, 0.717) is 11.7 Å². The first kappa shape index (κ1) is 23.6. The van der Waals surface area contributed by atoms with Crippen LogP contribution in [0.3, 0.4) is 0 Å². The SMILES string of the molecule is COc1ccc(CCNCCC(c2ccccc2)c2ccc(O)cc2)cc1OC.Cl. The van der Waals surface area contributed by atoms with E-state index in [0.717, 1.165) is 37.4 Å². The molecule has 3 aromatic rings. The number of phenolic OH excluding ortho intramolecular Hbond substituents is 1. The van der Waals surface area contributed by atoms with E-state index >= 15 is 0 Å². The Labute approximate surface area is 185 Å². The summed E-state index contributed by atoms with van der Waals surface area (Å²) in [6, 6.07) is 24.1. The second-order valence-electron chi connectivity index (χ2n) is 7.03. The van der Waals surface area contributed by atoms with Crippen LogP contribution in [0, 0.1) is 0 Å². The Kier molecular flexibility index (Phi) is 9.52. The Hall–Kier alpha value is -2.69. The number of nitrogens with one attached hydrogen (secondary N) is 1. The molecule has 0 saturated carbocycles. The highest BCUT2D eigenvalue weighted by Crippen LogP contribution is 2.29. The fourth-order valence-corrected chi connectivity index (χ4v) is 3.56. The summed E-state index contributed by atoms with van der Waals surface area (Å²) in [5.41, 5.74) is 3.73. The number of benzene rings is 3. The lowest BCUT2D eigenvalue weighted by Gasteiger charge is -2.19. The highest BCUT2D eigenvalue weighted by atomic mass is 35.5. The van der Waals surface area contributed by atoms with Crippen molar-refractivity contribution >= 4 is 12.4 Å². The molecule has 0 bridgehead atoms. The summed E-state index contributed by atoms with van der Waals surface area (Å²) in [6.45, 7) is 1.81. The summed E-state index contributed by atoms with van der Waals surface area (Å²) in [7, 11) is 3.31. The molecule has 0 fully saturated rings. The van der Waals surface area contributed by atoms with Crippen molar-refractivity contribution in [3.63, 3.8) is 0 Å². The van der Waals surface area contributed by atoms with Crippen LogP contribution in [0.4, 0.5) is 0 Å². The molecule has 0 aliphatic rings. The lowest BCUT2D eigenvalue weighted by molar-refractivity contribution is 0.354. The normalized spacial score (nSPS) is 11.4. The van der Waals surface area contributed by atoms with Crippen molar-refractivity contribution in [2.75, 3.05) is 27.3 Å². The molecule has 160 valence electrons. The van der Waals surface area contributed by atoms with Gasteiger partial charge in [0.1, 0.15) is 5.75 Å². The monoisotopic (exact) mass is 427 g/mol. The maximum atomic E-state index is 9.60. The summed E-state index contributed by atoms with van der Waals surface area (Å²) in [5, 5.41) is 13.2. The molecule has 0 amide bonds. The molecule has 0 aliphatic carbocycles. The maximum Gasteiger partial charge on any atom is 0.160 e. The maximum absolute atomic E-state index is 9.60. The Morgan fingerprint density at radius 3 is 2.13 bits per heavy atom. The van der Waals surface area contributed by atoms with Crippen LogP contribution in [0.15, 0.2) is 72.8 Å². The molecular weight excluding hydrogens is 398 g/mol. The molecule has 3 rings (SSSR count). The van der Waals surface area contributed by atoms with Crippen LogP contribution >= 0.6 is 12.4 Å². The van der Waals surface area contributed by atoms with E-state index in [4.69, 9.17) is 9.47 Å². The molecular formula is C25H30ClNO3. The van der Waals surface area contributed by atoms with E-state index in [1.165, 1.54) is 16.7 Å². The van der Waals surface area contributed by atoms with Gasteiger partial charge in [-0.25, -0.2) is 0 Å². The van der Waals surface area contributed by atoms with Gasteiger partial charge in [-0.05, 0) is 66.9 Å². The van der Waals surface area contributed by atoms with E-state index in [9.17, 15) is 5.11 Å². The molecule has 0 radical (unpaired) electrons. The number of halogens is 1. The van der Waals surface area contributed by atoms with Gasteiger partial charge < -0.3 is 19.9 Å². The lowest BCUT2D eigenvalue weighted by atomic mass is 9.88. The standard InChI is InChI=1S/C25H29NO3.ClH/c1-28-24-13-8-19(18-25(24)29-2)14-16-26-17-15-23(20-6-4-3-5-7-20)21-9-11-22(27)12-10-21;/h3-13,18,23,26-27H,14-17H2,1-2H3;1H. The lowest BCUT2D eigenvalue weighted by Crippen LogP contribution is -2.20. The first-order valence-electron chi connectivity index (χ1n) is 9.96. The number of ether oxygens (including phenoxy) is 2. The predicted octanol–water partition coefficient (Wildman–Crippen LogP) is 5.19. The molecule has 30 heavy (non-hydrogen) atoms. The van der Waals surface area contributed by atoms with Gasteiger partial charge in [-0.3, -0.25) is 0 Å². The molecule has 1 unspecified atom stereocenters. The largest absolute Gasteiger partial charge is 0.508 e. The van der Waals surface area contributed by atoms with Crippen molar-refractivity contribution in [3.05, 3.63) is 89.5 Å². The van der Waals surface area contributed by atoms with Gasteiger partial charge >= 0.3 is 0 Å². The van der Waals surface area contributed by atoms with Crippen molar-refractivity contribution in [2.24, 2.45) is 0 Å². The summed E-state index contributed by atoms with van der Waals surface area (Å²) >= 11 is 0. The molecule has 3 aromatic carbocycles. The number of methoxy groups -OCH3 is 2. The van der Waals surface area contributed by atoms with Crippen molar-refractivity contribution < 1.29 is 14.6 Å². The quantitative estimate of drug-likeness (QED) is 0.437. The van der Waals surface area contributed by atoms with Crippen molar-refractivity contribution in [2.45, 2.75) is 18.8 Å². The van der Waals surface area contributed by atoms with E-state index in [1.54, 1.807) is 26.4 Å². The molecule has 0 aromatic heterocycles. The summed E-state index contributed by atoms with van der Waals surface area (Å²) in [6.07, 6.45) is 1.91. The van der Waals surface area contributed by atoms with Crippen molar-refractivity contribution in [1.82, 2.24) is 5.32 Å². The third-order valence-electron chi connectivity index (χ3n) is 5.15. The average molecular weight is 428 g/mol. The highest BCUT2D eigenvalue weighted by molar-refractivity contribution is 5.85. The third kappa shape index (κ3) is 6.41. The molecule has 5 heteroatoms. The van der Waals surface area contributed by atoms with E-state index < -0.39 is 0 Å². The summed E-state index contributed by atoms with van der Waals surface area (Å²) in [4.78, 5) is 0.